The van der Waals surface area contributed by atoms with E-state index >= 15 is 0 Å². The van der Waals surface area contributed by atoms with E-state index in [1.54, 1.807) is 0 Å². The van der Waals surface area contributed by atoms with Crippen molar-refractivity contribution in [1.82, 2.24) is 9.80 Å². The molecule has 1 aromatic carbocycles. The van der Waals surface area contributed by atoms with Crippen molar-refractivity contribution in [3.05, 3.63) is 35.4 Å². The van der Waals surface area contributed by atoms with Crippen LogP contribution in [0.2, 0.25) is 0 Å². The number of hydrogen-bond acceptors (Lipinski definition) is 3. The topological polar surface area (TPSA) is 60.9 Å². The second kappa shape index (κ2) is 8.29. The van der Waals surface area contributed by atoms with Gasteiger partial charge in [-0.3, -0.25) is 14.5 Å². The molecule has 1 aliphatic heterocycles. The molecular formula is C19H28N2O3. The average Bonchev–Trinajstić information content (AvgIpc) is 2.89. The highest BCUT2D eigenvalue weighted by atomic mass is 16.4. The highest BCUT2D eigenvalue weighted by Crippen LogP contribution is 2.23. The van der Waals surface area contributed by atoms with Crippen LogP contribution in [0, 0.1) is 18.8 Å². The molecule has 1 saturated heterocycles. The van der Waals surface area contributed by atoms with Crippen LogP contribution >= 0.6 is 0 Å². The molecule has 1 heterocycles. The maximum atomic E-state index is 12.7. The standard InChI is InChI=1S/C19H28N2O3/c1-4-9-21(11-16-7-5-14(2)6-8-16)18(22)13-20-10-15(3)17(12-20)19(23)24/h5-8,15,17H,4,9-13H2,1-3H3,(H,23,24)/t15-,17-/m1/s1. The van der Waals surface area contributed by atoms with Crippen molar-refractivity contribution in [3.8, 4) is 0 Å². The Morgan fingerprint density at radius 2 is 1.92 bits per heavy atom. The van der Waals surface area contributed by atoms with Crippen molar-refractivity contribution >= 4 is 11.9 Å². The number of hydrogen-bond donors (Lipinski definition) is 1. The lowest BCUT2D eigenvalue weighted by molar-refractivity contribution is -0.142. The number of carbonyl (C=O) groups is 2. The highest BCUT2D eigenvalue weighted by molar-refractivity contribution is 5.78. The molecule has 0 bridgehead atoms. The van der Waals surface area contributed by atoms with E-state index in [0.717, 1.165) is 18.5 Å². The Balaban J connectivity index is 1.96. The van der Waals surface area contributed by atoms with E-state index in [-0.39, 0.29) is 17.7 Å². The second-order valence-corrected chi connectivity index (χ2v) is 6.92. The highest BCUT2D eigenvalue weighted by Gasteiger charge is 2.35. The predicted molar refractivity (Wildman–Crippen MR) is 93.6 cm³/mol. The first-order valence-electron chi connectivity index (χ1n) is 8.69. The first-order chi connectivity index (χ1) is 11.4. The summed E-state index contributed by atoms with van der Waals surface area (Å²) in [5, 5.41) is 9.22. The number of nitrogens with zero attached hydrogens (tertiary/aromatic N) is 2. The first-order valence-corrected chi connectivity index (χ1v) is 8.69. The molecule has 0 aromatic heterocycles. The van der Waals surface area contributed by atoms with Gasteiger partial charge in [-0.05, 0) is 24.8 Å². The zero-order valence-corrected chi connectivity index (χ0v) is 14.9. The molecule has 1 aromatic rings. The summed E-state index contributed by atoms with van der Waals surface area (Å²) in [5.41, 5.74) is 2.33. The first kappa shape index (κ1) is 18.5. The molecule has 2 rings (SSSR count). The number of rotatable bonds is 7. The van der Waals surface area contributed by atoms with Gasteiger partial charge in [0.05, 0.1) is 12.5 Å². The van der Waals surface area contributed by atoms with E-state index in [0.29, 0.717) is 26.2 Å². The lowest BCUT2D eigenvalue weighted by Crippen LogP contribution is -2.40. The van der Waals surface area contributed by atoms with Crippen molar-refractivity contribution in [2.45, 2.75) is 33.7 Å². The normalized spacial score (nSPS) is 21.0. The van der Waals surface area contributed by atoms with Gasteiger partial charge in [-0.2, -0.15) is 0 Å². The number of benzene rings is 1. The summed E-state index contributed by atoms with van der Waals surface area (Å²) >= 11 is 0. The Labute approximate surface area is 144 Å². The van der Waals surface area contributed by atoms with E-state index < -0.39 is 5.97 Å². The SMILES string of the molecule is CCCN(Cc1ccc(C)cc1)C(=O)CN1C[C@@H](C)[C@H](C(=O)O)C1. The lowest BCUT2D eigenvalue weighted by atomic mass is 9.99. The van der Waals surface area contributed by atoms with Gasteiger partial charge in [0.1, 0.15) is 0 Å². The summed E-state index contributed by atoms with van der Waals surface area (Å²) in [7, 11) is 0. The van der Waals surface area contributed by atoms with E-state index in [1.807, 2.05) is 23.6 Å². The number of aryl methyl sites for hydroxylation is 1. The Morgan fingerprint density at radius 1 is 1.25 bits per heavy atom. The van der Waals surface area contributed by atoms with Gasteiger partial charge in [-0.15, -0.1) is 0 Å². The summed E-state index contributed by atoms with van der Waals surface area (Å²) < 4.78 is 0. The fourth-order valence-corrected chi connectivity index (χ4v) is 3.28. The van der Waals surface area contributed by atoms with Gasteiger partial charge in [0.15, 0.2) is 0 Å². The quantitative estimate of drug-likeness (QED) is 0.833. The Hall–Kier alpha value is -1.88. The van der Waals surface area contributed by atoms with Gasteiger partial charge in [0.25, 0.3) is 0 Å². The van der Waals surface area contributed by atoms with Crippen molar-refractivity contribution in [2.24, 2.45) is 11.8 Å². The molecule has 5 nitrogen and oxygen atoms in total. The molecule has 0 aliphatic carbocycles. The van der Waals surface area contributed by atoms with Crippen LogP contribution < -0.4 is 0 Å². The molecule has 0 radical (unpaired) electrons. The molecule has 1 N–H and O–H groups in total. The van der Waals surface area contributed by atoms with Crippen molar-refractivity contribution in [2.75, 3.05) is 26.2 Å². The summed E-state index contributed by atoms with van der Waals surface area (Å²) in [6, 6.07) is 8.24. The zero-order valence-electron chi connectivity index (χ0n) is 14.9. The molecule has 1 amide bonds. The molecule has 24 heavy (non-hydrogen) atoms. The van der Waals surface area contributed by atoms with Crippen LogP contribution in [-0.4, -0.2) is 53.0 Å². The third-order valence-corrected chi connectivity index (χ3v) is 4.70. The van der Waals surface area contributed by atoms with Crippen LogP contribution in [0.3, 0.4) is 0 Å². The van der Waals surface area contributed by atoms with E-state index in [4.69, 9.17) is 0 Å². The number of carboxylic acids is 1. The van der Waals surface area contributed by atoms with Gasteiger partial charge in [0.2, 0.25) is 5.91 Å². The van der Waals surface area contributed by atoms with Crippen molar-refractivity contribution < 1.29 is 14.7 Å². The third-order valence-electron chi connectivity index (χ3n) is 4.70. The van der Waals surface area contributed by atoms with Gasteiger partial charge in [-0.25, -0.2) is 0 Å². The summed E-state index contributed by atoms with van der Waals surface area (Å²) in [4.78, 5) is 27.8. The molecule has 0 saturated carbocycles. The number of carboxylic acid groups (broad SMARTS) is 1. The third kappa shape index (κ3) is 4.81. The van der Waals surface area contributed by atoms with Crippen LogP contribution in [0.15, 0.2) is 24.3 Å². The Kier molecular flexibility index (Phi) is 6.37. The van der Waals surface area contributed by atoms with Gasteiger partial charge < -0.3 is 10.0 Å². The Morgan fingerprint density at radius 3 is 2.46 bits per heavy atom. The molecule has 132 valence electrons. The van der Waals surface area contributed by atoms with Gasteiger partial charge in [0, 0.05) is 26.2 Å². The molecule has 0 spiro atoms. The molecule has 1 fully saturated rings. The van der Waals surface area contributed by atoms with Crippen LogP contribution in [-0.2, 0) is 16.1 Å². The van der Waals surface area contributed by atoms with E-state index in [1.165, 1.54) is 5.56 Å². The van der Waals surface area contributed by atoms with Crippen LogP contribution in [0.4, 0.5) is 0 Å². The van der Waals surface area contributed by atoms with Gasteiger partial charge >= 0.3 is 5.97 Å². The molecule has 2 atom stereocenters. The van der Waals surface area contributed by atoms with Gasteiger partial charge in [-0.1, -0.05) is 43.7 Å². The Bertz CT molecular complexity index is 570. The largest absolute Gasteiger partial charge is 0.481 e. The molecule has 1 aliphatic rings. The number of amides is 1. The average molecular weight is 332 g/mol. The van der Waals surface area contributed by atoms with Crippen LogP contribution in [0.5, 0.6) is 0 Å². The van der Waals surface area contributed by atoms with Crippen molar-refractivity contribution in [1.29, 1.82) is 0 Å². The summed E-state index contributed by atoms with van der Waals surface area (Å²) in [6.07, 6.45) is 0.908. The number of likely N-dealkylation sites (tertiary alicyclic amines) is 1. The summed E-state index contributed by atoms with van der Waals surface area (Å²) in [5.74, 6) is -0.959. The predicted octanol–water partition coefficient (Wildman–Crippen LogP) is 2.39. The maximum Gasteiger partial charge on any atom is 0.308 e. The smallest absolute Gasteiger partial charge is 0.308 e. The number of aliphatic carboxylic acids is 1. The minimum atomic E-state index is -0.762. The van der Waals surface area contributed by atoms with Crippen molar-refractivity contribution in [3.63, 3.8) is 0 Å². The summed E-state index contributed by atoms with van der Waals surface area (Å²) in [6.45, 7) is 8.83. The fraction of sp³-hybridized carbons (Fsp3) is 0.579. The second-order valence-electron chi connectivity index (χ2n) is 6.92. The minimum Gasteiger partial charge on any atom is -0.481 e. The van der Waals surface area contributed by atoms with E-state index in [2.05, 4.69) is 31.2 Å². The molecular weight excluding hydrogens is 304 g/mol. The maximum absolute atomic E-state index is 12.7. The lowest BCUT2D eigenvalue weighted by Gasteiger charge is -2.25. The number of carbonyl (C=O) groups excluding carboxylic acids is 1. The van der Waals surface area contributed by atoms with Crippen LogP contribution in [0.1, 0.15) is 31.4 Å². The monoisotopic (exact) mass is 332 g/mol. The van der Waals surface area contributed by atoms with E-state index in [9.17, 15) is 14.7 Å². The van der Waals surface area contributed by atoms with Crippen LogP contribution in [0.25, 0.3) is 0 Å². The molecule has 5 heteroatoms. The molecule has 0 unspecified atom stereocenters. The minimum absolute atomic E-state index is 0.0793. The zero-order chi connectivity index (χ0) is 17.7. The fourth-order valence-electron chi connectivity index (χ4n) is 3.28.